The maximum atomic E-state index is 16.6. The van der Waals surface area contributed by atoms with E-state index in [2.05, 4.69) is 0 Å². The van der Waals surface area contributed by atoms with Crippen molar-refractivity contribution in [1.29, 1.82) is 0 Å². The molecule has 12 rings (SSSR count). The van der Waals surface area contributed by atoms with E-state index in [0.717, 1.165) is 59.3 Å². The summed E-state index contributed by atoms with van der Waals surface area (Å²) in [6, 6.07) is 47.9. The second-order valence-electron chi connectivity index (χ2n) is 18.3. The van der Waals surface area contributed by atoms with Crippen molar-refractivity contribution in [2.75, 3.05) is 9.80 Å². The fourth-order valence-corrected chi connectivity index (χ4v) is 10.3. The first-order chi connectivity index (χ1) is 36.7. The number of halogens is 10. The lowest BCUT2D eigenvalue weighted by atomic mass is 9.91. The molecule has 76 heavy (non-hydrogen) atoms. The fourth-order valence-electron chi connectivity index (χ4n) is 10.3. The normalized spacial score (nSPS) is 11.6. The highest BCUT2D eigenvalue weighted by atomic mass is 19.2. The van der Waals surface area contributed by atoms with Crippen LogP contribution in [-0.4, -0.2) is 0 Å². The zero-order valence-electron chi connectivity index (χ0n) is 39.3. The molecule has 370 valence electrons. The van der Waals surface area contributed by atoms with Gasteiger partial charge in [0.2, 0.25) is 0 Å². The second-order valence-corrected chi connectivity index (χ2v) is 18.3. The van der Waals surface area contributed by atoms with Gasteiger partial charge in [0.25, 0.3) is 0 Å². The molecular formula is C64H34F10N2. The van der Waals surface area contributed by atoms with Gasteiger partial charge in [0.05, 0.1) is 22.7 Å². The molecule has 0 aliphatic rings. The van der Waals surface area contributed by atoms with Crippen LogP contribution in [0.2, 0.25) is 0 Å². The van der Waals surface area contributed by atoms with Crippen LogP contribution < -0.4 is 9.80 Å². The van der Waals surface area contributed by atoms with Crippen LogP contribution in [0, 0.1) is 58.2 Å². The minimum absolute atomic E-state index is 0.0509. The average Bonchev–Trinajstić information content (AvgIpc) is 3.55. The van der Waals surface area contributed by atoms with E-state index in [1.807, 2.05) is 36.4 Å². The summed E-state index contributed by atoms with van der Waals surface area (Å²) in [4.78, 5) is 3.23. The Kier molecular flexibility index (Phi) is 11.8. The van der Waals surface area contributed by atoms with E-state index in [9.17, 15) is 35.1 Å². The minimum atomic E-state index is -0.874. The third-order valence-electron chi connectivity index (χ3n) is 13.4. The number of rotatable bonds is 10. The monoisotopic (exact) mass is 1020 g/mol. The number of nitrogens with zero attached hydrogens (tertiary/aromatic N) is 2. The van der Waals surface area contributed by atoms with E-state index in [1.54, 1.807) is 70.5 Å². The van der Waals surface area contributed by atoms with Crippen molar-refractivity contribution in [2.24, 2.45) is 0 Å². The van der Waals surface area contributed by atoms with Crippen molar-refractivity contribution in [3.8, 4) is 44.5 Å². The molecule has 12 heteroatoms. The summed E-state index contributed by atoms with van der Waals surface area (Å²) in [5.74, 6) is -8.29. The van der Waals surface area contributed by atoms with Crippen molar-refractivity contribution in [3.05, 3.63) is 264 Å². The van der Waals surface area contributed by atoms with Gasteiger partial charge in [-0.2, -0.15) is 0 Å². The van der Waals surface area contributed by atoms with Crippen LogP contribution in [0.4, 0.5) is 78.0 Å². The minimum Gasteiger partial charge on any atom is -0.307 e. The molecule has 2 nitrogen and oxygen atoms in total. The van der Waals surface area contributed by atoms with E-state index in [0.29, 0.717) is 57.2 Å². The molecule has 0 fully saturated rings. The van der Waals surface area contributed by atoms with Crippen LogP contribution in [0.15, 0.2) is 206 Å². The second kappa shape index (κ2) is 18.8. The number of hydrogen-bond donors (Lipinski definition) is 0. The summed E-state index contributed by atoms with van der Waals surface area (Å²) in [5, 5.41) is 4.01. The lowest BCUT2D eigenvalue weighted by Crippen LogP contribution is -2.13. The summed E-state index contributed by atoms with van der Waals surface area (Å²) in [6.07, 6.45) is 0. The smallest absolute Gasteiger partial charge is 0.147 e. The van der Waals surface area contributed by atoms with Gasteiger partial charge >= 0.3 is 0 Å². The highest BCUT2D eigenvalue weighted by Gasteiger charge is 2.26. The van der Waals surface area contributed by atoms with E-state index in [1.165, 1.54) is 36.4 Å². The molecule has 0 N–H and O–H groups in total. The van der Waals surface area contributed by atoms with E-state index < -0.39 is 58.2 Å². The molecule has 0 aromatic heterocycles. The van der Waals surface area contributed by atoms with Crippen LogP contribution in [0.5, 0.6) is 0 Å². The summed E-state index contributed by atoms with van der Waals surface area (Å²) in [7, 11) is 0. The van der Waals surface area contributed by atoms with Crippen LogP contribution in [-0.2, 0) is 0 Å². The lowest BCUT2D eigenvalue weighted by Gasteiger charge is -2.30. The Morgan fingerprint density at radius 3 is 0.776 bits per heavy atom. The first kappa shape index (κ1) is 47.6. The van der Waals surface area contributed by atoms with Gasteiger partial charge in [-0.05, 0) is 187 Å². The average molecular weight is 1020 g/mol. The number of para-hydroxylation sites is 2. The predicted molar refractivity (Wildman–Crippen MR) is 281 cm³/mol. The summed E-state index contributed by atoms with van der Waals surface area (Å²) in [6.45, 7) is 0. The Morgan fingerprint density at radius 2 is 0.487 bits per heavy atom. The first-order valence-electron chi connectivity index (χ1n) is 23.7. The zero-order valence-corrected chi connectivity index (χ0v) is 39.3. The molecule has 12 aromatic carbocycles. The summed E-state index contributed by atoms with van der Waals surface area (Å²) in [5.41, 5.74) is 2.78. The fraction of sp³-hybridized carbons (Fsp3) is 0. The van der Waals surface area contributed by atoms with Crippen LogP contribution in [0.1, 0.15) is 0 Å². The van der Waals surface area contributed by atoms with Gasteiger partial charge < -0.3 is 9.80 Å². The van der Waals surface area contributed by atoms with Gasteiger partial charge in [0.15, 0.2) is 0 Å². The SMILES string of the molecule is Fc1cc(F)cc(-c2cc(-c3cc(F)cc(F)c3)cc(N(c3ccccc3F)c3ccc4ccc5c(N(c6cc(-c7cc(F)cc(F)c7)cc(-c7cc(F)cc(F)c7)c6)c6ccccc6F)ccc6ccc3c4c65)c2)c1. The van der Waals surface area contributed by atoms with Gasteiger partial charge in [0, 0.05) is 46.4 Å². The van der Waals surface area contributed by atoms with Gasteiger partial charge in [-0.15, -0.1) is 0 Å². The third-order valence-corrected chi connectivity index (χ3v) is 13.4. The maximum Gasteiger partial charge on any atom is 0.147 e. The molecule has 0 saturated heterocycles. The van der Waals surface area contributed by atoms with Crippen LogP contribution in [0.3, 0.4) is 0 Å². The van der Waals surface area contributed by atoms with Crippen molar-refractivity contribution in [2.45, 2.75) is 0 Å². The zero-order chi connectivity index (χ0) is 52.5. The van der Waals surface area contributed by atoms with E-state index in [4.69, 9.17) is 0 Å². The Balaban J connectivity index is 1.12. The van der Waals surface area contributed by atoms with E-state index in [-0.39, 0.29) is 67.3 Å². The molecule has 0 aliphatic heterocycles. The molecule has 0 radical (unpaired) electrons. The van der Waals surface area contributed by atoms with Crippen LogP contribution in [0.25, 0.3) is 76.8 Å². The molecule has 0 unspecified atom stereocenters. The molecule has 0 spiro atoms. The largest absolute Gasteiger partial charge is 0.307 e. The highest BCUT2D eigenvalue weighted by molar-refractivity contribution is 6.28. The van der Waals surface area contributed by atoms with Gasteiger partial charge in [-0.25, -0.2) is 43.9 Å². The quantitative estimate of drug-likeness (QED) is 0.0995. The van der Waals surface area contributed by atoms with Crippen molar-refractivity contribution < 1.29 is 43.9 Å². The molecule has 0 aliphatic carbocycles. The van der Waals surface area contributed by atoms with Crippen molar-refractivity contribution in [3.63, 3.8) is 0 Å². The molecule has 0 atom stereocenters. The number of anilines is 6. The Morgan fingerprint density at radius 1 is 0.224 bits per heavy atom. The Hall–Kier alpha value is -9.42. The Labute approximate surface area is 427 Å². The van der Waals surface area contributed by atoms with Gasteiger partial charge in [-0.1, -0.05) is 60.7 Å². The molecule has 12 aromatic rings. The highest BCUT2D eigenvalue weighted by Crippen LogP contribution is 2.50. The van der Waals surface area contributed by atoms with E-state index >= 15 is 8.78 Å². The van der Waals surface area contributed by atoms with Crippen molar-refractivity contribution in [1.82, 2.24) is 0 Å². The Bertz CT molecular complexity index is 3790. The first-order valence-corrected chi connectivity index (χ1v) is 23.7. The van der Waals surface area contributed by atoms with Gasteiger partial charge in [0.1, 0.15) is 58.2 Å². The molecule has 0 heterocycles. The summed E-state index contributed by atoms with van der Waals surface area (Å²) >= 11 is 0. The predicted octanol–water partition coefficient (Wildman–Crippen LogP) is 19.6. The standard InChI is InChI=1S/C64H34F10N2/c65-45-19-41(20-46(66)31-45)37-17-38(42-21-47(67)32-48(68)22-42)28-53(27-37)75(61-7-3-1-5-57(61)73)59-15-11-35-10-14-56-60(16-12-36-9-13-55(59)63(35)64(36)56)76(62-8-4-2-6-58(62)74)54-29-39(43-23-49(69)33-50(70)24-43)18-40(30-54)44-25-51(71)34-52(72)26-44/h1-34H. The van der Waals surface area contributed by atoms with Gasteiger partial charge in [-0.3, -0.25) is 0 Å². The number of hydrogen-bond acceptors (Lipinski definition) is 2. The summed E-state index contributed by atoms with van der Waals surface area (Å²) < 4.78 is 152. The van der Waals surface area contributed by atoms with Crippen molar-refractivity contribution >= 4 is 66.4 Å². The van der Waals surface area contributed by atoms with Crippen LogP contribution >= 0.6 is 0 Å². The third kappa shape index (κ3) is 8.77. The molecule has 0 amide bonds. The number of benzene rings is 12. The lowest BCUT2D eigenvalue weighted by molar-refractivity contribution is 0.583. The molecular weight excluding hydrogens is 987 g/mol. The maximum absolute atomic E-state index is 16.6. The topological polar surface area (TPSA) is 6.48 Å². The molecule has 0 saturated carbocycles. The molecule has 0 bridgehead atoms.